The van der Waals surface area contributed by atoms with Crippen LogP contribution in [-0.4, -0.2) is 16.2 Å². The average molecular weight is 259 g/mol. The van der Waals surface area contributed by atoms with Crippen LogP contribution >= 0.6 is 0 Å². The van der Waals surface area contributed by atoms with E-state index in [1.54, 1.807) is 0 Å². The molecule has 4 nitrogen and oxygen atoms in total. The molecular weight excluding hydrogens is 238 g/mol. The summed E-state index contributed by atoms with van der Waals surface area (Å²) in [6.45, 7) is 5.60. The molecule has 0 aliphatic carbocycles. The number of ether oxygens (including phenoxy) is 1. The number of hydrogen-bond donors (Lipinski definition) is 1. The molecule has 0 bridgehead atoms. The molecule has 2 N–H and O–H groups in total. The average Bonchev–Trinajstić information content (AvgIpc) is 2.83. The molecule has 2 rings (SSSR count). The largest absolute Gasteiger partial charge is 0.493 e. The molecule has 4 heteroatoms. The normalized spacial score (nSPS) is 12.4. The SMILES string of the molecule is CCn1c(C(C)N)cnc1CCOc1ccccc1. The van der Waals surface area contributed by atoms with E-state index in [1.807, 2.05) is 43.5 Å². The third-order valence-corrected chi connectivity index (χ3v) is 3.09. The van der Waals surface area contributed by atoms with E-state index < -0.39 is 0 Å². The molecule has 0 fully saturated rings. The Labute approximate surface area is 114 Å². The van der Waals surface area contributed by atoms with Crippen molar-refractivity contribution in [3.05, 3.63) is 48.0 Å². The molecule has 0 saturated heterocycles. The number of imidazole rings is 1. The highest BCUT2D eigenvalue weighted by Crippen LogP contribution is 2.14. The number of nitrogens with two attached hydrogens (primary N) is 1. The van der Waals surface area contributed by atoms with Crippen LogP contribution < -0.4 is 10.5 Å². The van der Waals surface area contributed by atoms with Gasteiger partial charge in [-0.15, -0.1) is 0 Å². The third-order valence-electron chi connectivity index (χ3n) is 3.09. The zero-order chi connectivity index (χ0) is 13.7. The maximum atomic E-state index is 5.93. The lowest BCUT2D eigenvalue weighted by molar-refractivity contribution is 0.316. The zero-order valence-corrected chi connectivity index (χ0v) is 11.5. The van der Waals surface area contributed by atoms with Gasteiger partial charge in [-0.05, 0) is 26.0 Å². The fraction of sp³-hybridized carbons (Fsp3) is 0.400. The van der Waals surface area contributed by atoms with Gasteiger partial charge in [-0.3, -0.25) is 0 Å². The van der Waals surface area contributed by atoms with Crippen LogP contribution in [0.5, 0.6) is 5.75 Å². The summed E-state index contributed by atoms with van der Waals surface area (Å²) in [6.07, 6.45) is 2.65. The molecule has 0 amide bonds. The quantitative estimate of drug-likeness (QED) is 0.867. The second kappa shape index (κ2) is 6.38. The lowest BCUT2D eigenvalue weighted by Gasteiger charge is -2.12. The van der Waals surface area contributed by atoms with Crippen LogP contribution in [0.15, 0.2) is 36.5 Å². The van der Waals surface area contributed by atoms with Crippen LogP contribution in [0.1, 0.15) is 31.4 Å². The maximum Gasteiger partial charge on any atom is 0.119 e. The summed E-state index contributed by atoms with van der Waals surface area (Å²) in [4.78, 5) is 4.44. The van der Waals surface area contributed by atoms with E-state index in [2.05, 4.69) is 16.5 Å². The first-order valence-corrected chi connectivity index (χ1v) is 6.70. The molecule has 1 aromatic heterocycles. The molecule has 1 aromatic carbocycles. The number of nitrogens with zero attached hydrogens (tertiary/aromatic N) is 2. The zero-order valence-electron chi connectivity index (χ0n) is 11.5. The van der Waals surface area contributed by atoms with Gasteiger partial charge in [-0.25, -0.2) is 4.98 Å². The van der Waals surface area contributed by atoms with Crippen molar-refractivity contribution in [2.75, 3.05) is 6.61 Å². The first kappa shape index (κ1) is 13.6. The Morgan fingerprint density at radius 3 is 2.68 bits per heavy atom. The summed E-state index contributed by atoms with van der Waals surface area (Å²) >= 11 is 0. The van der Waals surface area contributed by atoms with Crippen molar-refractivity contribution < 1.29 is 4.74 Å². The smallest absolute Gasteiger partial charge is 0.119 e. The van der Waals surface area contributed by atoms with E-state index in [0.717, 1.165) is 30.2 Å². The maximum absolute atomic E-state index is 5.93. The van der Waals surface area contributed by atoms with Crippen molar-refractivity contribution in [2.45, 2.75) is 32.9 Å². The summed E-state index contributed by atoms with van der Waals surface area (Å²) in [7, 11) is 0. The Hall–Kier alpha value is -1.81. The van der Waals surface area contributed by atoms with Crippen LogP contribution in [0.25, 0.3) is 0 Å². The molecule has 1 atom stereocenters. The van der Waals surface area contributed by atoms with Gasteiger partial charge in [0.15, 0.2) is 0 Å². The number of para-hydroxylation sites is 1. The van der Waals surface area contributed by atoms with Gasteiger partial charge >= 0.3 is 0 Å². The first-order valence-electron chi connectivity index (χ1n) is 6.70. The number of aromatic nitrogens is 2. The minimum absolute atomic E-state index is 0.0104. The van der Waals surface area contributed by atoms with Crippen LogP contribution in [-0.2, 0) is 13.0 Å². The van der Waals surface area contributed by atoms with Crippen molar-refractivity contribution in [3.8, 4) is 5.75 Å². The summed E-state index contributed by atoms with van der Waals surface area (Å²) < 4.78 is 7.86. The topological polar surface area (TPSA) is 53.1 Å². The van der Waals surface area contributed by atoms with E-state index in [-0.39, 0.29) is 6.04 Å². The highest BCUT2D eigenvalue weighted by molar-refractivity contribution is 5.21. The second-order valence-electron chi connectivity index (χ2n) is 4.54. The minimum atomic E-state index is 0.0104. The molecule has 102 valence electrons. The van der Waals surface area contributed by atoms with Gasteiger partial charge in [0.1, 0.15) is 11.6 Å². The number of rotatable bonds is 6. The van der Waals surface area contributed by atoms with Crippen LogP contribution in [0.3, 0.4) is 0 Å². The summed E-state index contributed by atoms with van der Waals surface area (Å²) in [5.41, 5.74) is 7.01. The van der Waals surface area contributed by atoms with Gasteiger partial charge in [0, 0.05) is 19.0 Å². The van der Waals surface area contributed by atoms with Gasteiger partial charge < -0.3 is 15.0 Å². The van der Waals surface area contributed by atoms with Gasteiger partial charge in [0.05, 0.1) is 18.5 Å². The predicted molar refractivity (Wildman–Crippen MR) is 76.1 cm³/mol. The Morgan fingerprint density at radius 1 is 1.32 bits per heavy atom. The van der Waals surface area contributed by atoms with Crippen LogP contribution in [0.4, 0.5) is 0 Å². The summed E-state index contributed by atoms with van der Waals surface area (Å²) in [5, 5.41) is 0. The summed E-state index contributed by atoms with van der Waals surface area (Å²) in [5.74, 6) is 1.93. The Balaban J connectivity index is 1.96. The van der Waals surface area contributed by atoms with Crippen molar-refractivity contribution in [2.24, 2.45) is 5.73 Å². The van der Waals surface area contributed by atoms with Crippen molar-refractivity contribution in [1.29, 1.82) is 0 Å². The fourth-order valence-electron chi connectivity index (χ4n) is 2.13. The molecule has 0 saturated carbocycles. The molecule has 1 unspecified atom stereocenters. The molecule has 19 heavy (non-hydrogen) atoms. The molecule has 0 aliphatic heterocycles. The lowest BCUT2D eigenvalue weighted by atomic mass is 10.2. The van der Waals surface area contributed by atoms with E-state index >= 15 is 0 Å². The first-order chi connectivity index (χ1) is 9.22. The Morgan fingerprint density at radius 2 is 2.05 bits per heavy atom. The molecule has 2 aromatic rings. The number of hydrogen-bond acceptors (Lipinski definition) is 3. The third kappa shape index (κ3) is 3.35. The molecule has 0 radical (unpaired) electrons. The summed E-state index contributed by atoms with van der Waals surface area (Å²) in [6, 6.07) is 9.84. The van der Waals surface area contributed by atoms with Crippen LogP contribution in [0, 0.1) is 0 Å². The minimum Gasteiger partial charge on any atom is -0.493 e. The van der Waals surface area contributed by atoms with Crippen molar-refractivity contribution in [1.82, 2.24) is 9.55 Å². The van der Waals surface area contributed by atoms with Crippen LogP contribution in [0.2, 0.25) is 0 Å². The van der Waals surface area contributed by atoms with Gasteiger partial charge in [0.2, 0.25) is 0 Å². The Kier molecular flexibility index (Phi) is 4.58. The monoisotopic (exact) mass is 259 g/mol. The standard InChI is InChI=1S/C15H21N3O/c1-3-18-14(12(2)16)11-17-15(18)9-10-19-13-7-5-4-6-8-13/h4-8,11-12H,3,9-10,16H2,1-2H3. The predicted octanol–water partition coefficient (Wildman–Crippen LogP) is 2.54. The van der Waals surface area contributed by atoms with Crippen molar-refractivity contribution in [3.63, 3.8) is 0 Å². The second-order valence-corrected chi connectivity index (χ2v) is 4.54. The van der Waals surface area contributed by atoms with E-state index in [1.165, 1.54) is 0 Å². The molecule has 1 heterocycles. The lowest BCUT2D eigenvalue weighted by Crippen LogP contribution is -2.14. The van der Waals surface area contributed by atoms with E-state index in [9.17, 15) is 0 Å². The Bertz CT molecular complexity index is 505. The highest BCUT2D eigenvalue weighted by atomic mass is 16.5. The van der Waals surface area contributed by atoms with Gasteiger partial charge in [-0.1, -0.05) is 18.2 Å². The van der Waals surface area contributed by atoms with Gasteiger partial charge in [0.25, 0.3) is 0 Å². The van der Waals surface area contributed by atoms with E-state index in [0.29, 0.717) is 6.61 Å². The van der Waals surface area contributed by atoms with Gasteiger partial charge in [-0.2, -0.15) is 0 Å². The molecular formula is C15H21N3O. The molecule has 0 aliphatic rings. The molecule has 0 spiro atoms. The fourth-order valence-corrected chi connectivity index (χ4v) is 2.13. The van der Waals surface area contributed by atoms with Crippen molar-refractivity contribution >= 4 is 0 Å². The number of benzene rings is 1. The van der Waals surface area contributed by atoms with E-state index in [4.69, 9.17) is 10.5 Å². The highest BCUT2D eigenvalue weighted by Gasteiger charge is 2.11.